The van der Waals surface area contributed by atoms with Crippen LogP contribution in [-0.2, 0) is 10.1 Å². The molecule has 0 N–H and O–H groups in total. The van der Waals surface area contributed by atoms with E-state index in [0.29, 0.717) is 19.8 Å². The summed E-state index contributed by atoms with van der Waals surface area (Å²) in [6.07, 6.45) is 12.4. The molecule has 0 radical (unpaired) electrons. The van der Waals surface area contributed by atoms with Crippen molar-refractivity contribution in [2.45, 2.75) is 25.2 Å². The Hall–Kier alpha value is -6.36. The van der Waals surface area contributed by atoms with Crippen molar-refractivity contribution in [1.29, 1.82) is 0 Å². The van der Waals surface area contributed by atoms with Gasteiger partial charge in [0.05, 0.1) is 10.3 Å². The summed E-state index contributed by atoms with van der Waals surface area (Å²) in [4.78, 5) is 18.8. The molecule has 56 heavy (non-hydrogen) atoms. The second kappa shape index (κ2) is 18.8. The van der Waals surface area contributed by atoms with Crippen LogP contribution >= 0.6 is 0 Å². The zero-order valence-corrected chi connectivity index (χ0v) is 32.2. The van der Waals surface area contributed by atoms with Crippen molar-refractivity contribution in [3.05, 3.63) is 194 Å². The van der Waals surface area contributed by atoms with Crippen molar-refractivity contribution < 1.29 is 41.7 Å². The van der Waals surface area contributed by atoms with Gasteiger partial charge in [0.15, 0.2) is 19.8 Å². The summed E-state index contributed by atoms with van der Waals surface area (Å²) in [6.45, 7) is 5.14. The first kappa shape index (κ1) is 39.3. The smallest absolute Gasteiger partial charge is 0.223 e. The lowest BCUT2D eigenvalue weighted by Gasteiger charge is -2.25. The molecule has 0 saturated heterocycles. The summed E-state index contributed by atoms with van der Waals surface area (Å²) in [6, 6.07) is 49.1. The standard InChI is InChI=1S/C39H38N3O3.C7H8O3S/c1-2-39(30-43-40-24-18-36(19-25-40)33-12-6-3-7-13-33,31-44-41-26-20-37(21-27-41)34-14-8-4-9-15-34)32-45-42-28-22-38(23-29-42)35-16-10-5-11-17-35;1-6-2-4-7(5-3-6)11(8,9)10/h3-29H,2,30-32H2,1H3;2-5H,1H3,(H,8,9,10)/q+3;/p-1. The van der Waals surface area contributed by atoms with E-state index in [-0.39, 0.29) is 4.90 Å². The summed E-state index contributed by atoms with van der Waals surface area (Å²) in [5, 5.41) is 0. The van der Waals surface area contributed by atoms with Crippen LogP contribution < -0.4 is 28.7 Å². The van der Waals surface area contributed by atoms with E-state index in [2.05, 4.69) is 79.7 Å². The molecule has 0 saturated carbocycles. The Bertz CT molecular complexity index is 2140. The molecule has 0 unspecified atom stereocenters. The highest BCUT2D eigenvalue weighted by Gasteiger charge is 2.38. The lowest BCUT2D eigenvalue weighted by Crippen LogP contribution is -2.57. The van der Waals surface area contributed by atoms with Crippen molar-refractivity contribution >= 4 is 10.1 Å². The van der Waals surface area contributed by atoms with Gasteiger partial charge in [-0.15, -0.1) is 0 Å². The fourth-order valence-electron chi connectivity index (χ4n) is 5.74. The zero-order chi connectivity index (χ0) is 39.2. The van der Waals surface area contributed by atoms with Crippen LogP contribution in [0.2, 0.25) is 0 Å². The normalized spacial score (nSPS) is 11.2. The van der Waals surface area contributed by atoms with Crippen LogP contribution in [0.3, 0.4) is 0 Å². The molecule has 0 aliphatic carbocycles. The Morgan fingerprint density at radius 1 is 0.464 bits per heavy atom. The van der Waals surface area contributed by atoms with E-state index in [1.54, 1.807) is 26.3 Å². The molecule has 3 heterocycles. The predicted octanol–water partition coefficient (Wildman–Crippen LogP) is 6.53. The number of hydrogen-bond acceptors (Lipinski definition) is 6. The van der Waals surface area contributed by atoms with E-state index in [1.165, 1.54) is 28.8 Å². The minimum absolute atomic E-state index is 0.178. The van der Waals surface area contributed by atoms with Crippen LogP contribution in [0.25, 0.3) is 33.4 Å². The number of nitrogens with zero attached hydrogens (tertiary/aromatic N) is 3. The molecule has 0 fully saturated rings. The van der Waals surface area contributed by atoms with Gasteiger partial charge in [0.2, 0.25) is 37.2 Å². The Labute approximate surface area is 328 Å². The first-order valence-corrected chi connectivity index (χ1v) is 19.7. The van der Waals surface area contributed by atoms with Crippen LogP contribution in [0.4, 0.5) is 0 Å². The van der Waals surface area contributed by atoms with E-state index in [1.807, 2.05) is 98.7 Å². The van der Waals surface area contributed by atoms with Gasteiger partial charge in [-0.1, -0.05) is 116 Å². The fraction of sp³-hybridized carbons (Fsp3) is 0.152. The van der Waals surface area contributed by atoms with Gasteiger partial charge >= 0.3 is 0 Å². The molecule has 4 aromatic carbocycles. The zero-order valence-electron chi connectivity index (χ0n) is 31.4. The maximum atomic E-state index is 10.4. The van der Waals surface area contributed by atoms with Crippen molar-refractivity contribution in [3.63, 3.8) is 0 Å². The van der Waals surface area contributed by atoms with E-state index in [9.17, 15) is 13.0 Å². The van der Waals surface area contributed by atoms with E-state index in [0.717, 1.165) is 28.7 Å². The van der Waals surface area contributed by atoms with Gasteiger partial charge in [-0.3, -0.25) is 14.5 Å². The molecule has 0 aliphatic heterocycles. The van der Waals surface area contributed by atoms with Gasteiger partial charge in [0, 0.05) is 50.6 Å². The first-order valence-electron chi connectivity index (χ1n) is 18.3. The molecule has 9 nitrogen and oxygen atoms in total. The molecule has 7 aromatic rings. The predicted molar refractivity (Wildman–Crippen MR) is 212 cm³/mol. The van der Waals surface area contributed by atoms with Gasteiger partial charge in [-0.2, -0.15) is 0 Å². The van der Waals surface area contributed by atoms with E-state index >= 15 is 0 Å². The Kier molecular flexibility index (Phi) is 13.2. The molecule has 0 bridgehead atoms. The second-order valence-electron chi connectivity index (χ2n) is 13.4. The molecule has 3 aromatic heterocycles. The summed E-state index contributed by atoms with van der Waals surface area (Å²) in [7, 11) is -4.27. The maximum Gasteiger partial charge on any atom is 0.223 e. The number of aromatic nitrogens is 3. The Morgan fingerprint density at radius 2 is 0.750 bits per heavy atom. The van der Waals surface area contributed by atoms with Gasteiger partial charge in [-0.25, -0.2) is 8.42 Å². The molecular formula is C46H45N3O6S+2. The lowest BCUT2D eigenvalue weighted by molar-refractivity contribution is -0.908. The monoisotopic (exact) mass is 767 g/mol. The molecule has 0 atom stereocenters. The van der Waals surface area contributed by atoms with Crippen molar-refractivity contribution in [2.75, 3.05) is 19.8 Å². The molecule has 7 rings (SSSR count). The molecule has 0 spiro atoms. The summed E-state index contributed by atoms with van der Waals surface area (Å²) < 4.78 is 36.4. The topological polar surface area (TPSA) is 96.5 Å². The highest BCUT2D eigenvalue weighted by Crippen LogP contribution is 2.22. The van der Waals surface area contributed by atoms with E-state index < -0.39 is 15.5 Å². The third kappa shape index (κ3) is 11.1. The highest BCUT2D eigenvalue weighted by atomic mass is 32.2. The van der Waals surface area contributed by atoms with Crippen molar-refractivity contribution in [1.82, 2.24) is 0 Å². The van der Waals surface area contributed by atoms with Gasteiger partial charge < -0.3 is 4.55 Å². The number of hydrogen-bond donors (Lipinski definition) is 0. The van der Waals surface area contributed by atoms with Crippen LogP contribution in [0.15, 0.2) is 194 Å². The van der Waals surface area contributed by atoms with Crippen molar-refractivity contribution in [3.8, 4) is 33.4 Å². The lowest BCUT2D eigenvalue weighted by atomic mass is 9.88. The largest absolute Gasteiger partial charge is 0.744 e. The van der Waals surface area contributed by atoms with Gasteiger partial charge in [0.25, 0.3) is 0 Å². The van der Waals surface area contributed by atoms with Crippen LogP contribution in [0.5, 0.6) is 0 Å². The van der Waals surface area contributed by atoms with Crippen LogP contribution in [-0.4, -0.2) is 32.8 Å². The van der Waals surface area contributed by atoms with Gasteiger partial charge in [0.1, 0.15) is 10.1 Å². The number of rotatable bonds is 14. The quantitative estimate of drug-likeness (QED) is 0.0923. The highest BCUT2D eigenvalue weighted by molar-refractivity contribution is 7.85. The first-order chi connectivity index (χ1) is 27.2. The minimum Gasteiger partial charge on any atom is -0.744 e. The average Bonchev–Trinajstić information content (AvgIpc) is 3.25. The Balaban J connectivity index is 0.000000417. The average molecular weight is 768 g/mol. The molecule has 0 aliphatic rings. The number of pyridine rings is 3. The summed E-state index contributed by atoms with van der Waals surface area (Å²) in [5.41, 5.74) is 7.39. The molecular weight excluding hydrogens is 723 g/mol. The molecule has 284 valence electrons. The molecule has 0 amide bonds. The SMILES string of the molecule is CCC(CO[n+]1ccc(-c2ccccc2)cc1)(CO[n+]1ccc(-c2ccccc2)cc1)CO[n+]1ccc(-c2ccccc2)cc1.Cc1ccc(S(=O)(=O)[O-])cc1. The second-order valence-corrected chi connectivity index (χ2v) is 14.8. The minimum atomic E-state index is -4.27. The van der Waals surface area contributed by atoms with Crippen LogP contribution in [0, 0.1) is 12.3 Å². The summed E-state index contributed by atoms with van der Waals surface area (Å²) in [5.74, 6) is 0. The fourth-order valence-corrected chi connectivity index (χ4v) is 6.21. The summed E-state index contributed by atoms with van der Waals surface area (Å²) >= 11 is 0. The third-order valence-electron chi connectivity index (χ3n) is 9.35. The van der Waals surface area contributed by atoms with Crippen LogP contribution in [0.1, 0.15) is 18.9 Å². The Morgan fingerprint density at radius 3 is 1.02 bits per heavy atom. The van der Waals surface area contributed by atoms with Gasteiger partial charge in [-0.05, 0) is 58.9 Å². The number of benzene rings is 4. The maximum absolute atomic E-state index is 10.4. The molecule has 10 heteroatoms. The number of aryl methyl sites for hydroxylation is 1. The van der Waals surface area contributed by atoms with E-state index in [4.69, 9.17) is 14.5 Å². The van der Waals surface area contributed by atoms with Crippen molar-refractivity contribution in [2.24, 2.45) is 5.41 Å². The third-order valence-corrected chi connectivity index (χ3v) is 10.2.